The molecule has 4 rings (SSSR count). The largest absolute Gasteiger partial charge is 0.463 e. The van der Waals surface area contributed by atoms with Crippen molar-refractivity contribution >= 4 is 17.8 Å². The summed E-state index contributed by atoms with van der Waals surface area (Å²) < 4.78 is 12.6. The van der Waals surface area contributed by atoms with E-state index in [2.05, 4.69) is 15.4 Å². The first-order chi connectivity index (χ1) is 15.1. The van der Waals surface area contributed by atoms with Gasteiger partial charge in [-0.05, 0) is 32.3 Å². The van der Waals surface area contributed by atoms with Crippen LogP contribution < -0.4 is 10.2 Å². The molecule has 1 aromatic carbocycles. The number of anilines is 1. The number of carbonyl (C=O) groups is 2. The van der Waals surface area contributed by atoms with Gasteiger partial charge in [-0.3, -0.25) is 4.79 Å². The van der Waals surface area contributed by atoms with E-state index < -0.39 is 12.0 Å². The van der Waals surface area contributed by atoms with Gasteiger partial charge >= 0.3 is 5.97 Å². The third-order valence-corrected chi connectivity index (χ3v) is 5.57. The third-order valence-electron chi connectivity index (χ3n) is 5.57. The standard InChI is InChI=1S/C22H27N5O4/c1-3-30-21(29)19-15(2)26(13-18(28)23-12-17-10-7-11-31-17)22-24-14-25-27(22)20(19)16-8-5-4-6-9-16/h4-6,8-9,14,17,20H,3,7,10-13H2,1-2H3,(H,23,28). The molecule has 164 valence electrons. The summed E-state index contributed by atoms with van der Waals surface area (Å²) in [5, 5.41) is 7.30. The molecule has 0 aliphatic carbocycles. The highest BCUT2D eigenvalue weighted by molar-refractivity contribution is 5.93. The van der Waals surface area contributed by atoms with Crippen LogP contribution in [0.15, 0.2) is 47.9 Å². The van der Waals surface area contributed by atoms with Crippen LogP contribution >= 0.6 is 0 Å². The summed E-state index contributed by atoms with van der Waals surface area (Å²) in [6.07, 6.45) is 3.46. The highest BCUT2D eigenvalue weighted by Crippen LogP contribution is 2.38. The number of aromatic nitrogens is 3. The molecule has 0 bridgehead atoms. The fraction of sp³-hybridized carbons (Fsp3) is 0.455. The Morgan fingerprint density at radius 1 is 1.29 bits per heavy atom. The normalized spacial score (nSPS) is 20.5. The minimum Gasteiger partial charge on any atom is -0.463 e. The molecule has 3 heterocycles. The molecule has 9 nitrogen and oxygen atoms in total. The molecule has 2 aliphatic rings. The van der Waals surface area contributed by atoms with Crippen molar-refractivity contribution in [3.8, 4) is 0 Å². The van der Waals surface area contributed by atoms with Gasteiger partial charge in [-0.2, -0.15) is 10.1 Å². The van der Waals surface area contributed by atoms with Crippen molar-refractivity contribution in [1.29, 1.82) is 0 Å². The van der Waals surface area contributed by atoms with Gasteiger partial charge in [-0.15, -0.1) is 0 Å². The summed E-state index contributed by atoms with van der Waals surface area (Å²) in [6.45, 7) is 5.06. The van der Waals surface area contributed by atoms with Gasteiger partial charge in [0.25, 0.3) is 0 Å². The van der Waals surface area contributed by atoms with E-state index in [0.717, 1.165) is 25.0 Å². The van der Waals surface area contributed by atoms with E-state index in [0.29, 0.717) is 23.8 Å². The lowest BCUT2D eigenvalue weighted by Gasteiger charge is -2.35. The molecular formula is C22H27N5O4. The van der Waals surface area contributed by atoms with Gasteiger partial charge in [0.15, 0.2) is 0 Å². The van der Waals surface area contributed by atoms with E-state index in [1.165, 1.54) is 6.33 Å². The lowest BCUT2D eigenvalue weighted by molar-refractivity contribution is -0.139. The second-order valence-corrected chi connectivity index (χ2v) is 7.56. The average Bonchev–Trinajstić information content (AvgIpc) is 3.46. The van der Waals surface area contributed by atoms with Crippen molar-refractivity contribution in [1.82, 2.24) is 20.1 Å². The fourth-order valence-corrected chi connectivity index (χ4v) is 4.07. The summed E-state index contributed by atoms with van der Waals surface area (Å²) >= 11 is 0. The average molecular weight is 425 g/mol. The minimum absolute atomic E-state index is 0.0155. The Labute approximate surface area is 181 Å². The highest BCUT2D eigenvalue weighted by Gasteiger charge is 2.38. The molecule has 1 aromatic heterocycles. The minimum atomic E-state index is -0.482. The smallest absolute Gasteiger partial charge is 0.338 e. The van der Waals surface area contributed by atoms with E-state index in [1.807, 2.05) is 37.3 Å². The Morgan fingerprint density at radius 2 is 2.10 bits per heavy atom. The summed E-state index contributed by atoms with van der Waals surface area (Å²) in [7, 11) is 0. The van der Waals surface area contributed by atoms with E-state index in [9.17, 15) is 9.59 Å². The Hall–Kier alpha value is -3.20. The summed E-state index contributed by atoms with van der Waals surface area (Å²) in [6, 6.07) is 9.13. The lowest BCUT2D eigenvalue weighted by atomic mass is 9.95. The Kier molecular flexibility index (Phi) is 6.31. The molecule has 1 amide bonds. The number of carbonyl (C=O) groups excluding carboxylic acids is 2. The Balaban J connectivity index is 1.65. The molecule has 0 saturated carbocycles. The van der Waals surface area contributed by atoms with Crippen molar-refractivity contribution < 1.29 is 19.1 Å². The zero-order valence-corrected chi connectivity index (χ0v) is 17.8. The molecule has 1 N–H and O–H groups in total. The van der Waals surface area contributed by atoms with Gasteiger partial charge in [-0.1, -0.05) is 30.3 Å². The van der Waals surface area contributed by atoms with E-state index >= 15 is 0 Å². The van der Waals surface area contributed by atoms with Gasteiger partial charge in [0.1, 0.15) is 18.9 Å². The number of esters is 1. The summed E-state index contributed by atoms with van der Waals surface area (Å²) in [5.41, 5.74) is 1.96. The van der Waals surface area contributed by atoms with E-state index in [1.54, 1.807) is 16.5 Å². The van der Waals surface area contributed by atoms with Crippen LogP contribution in [-0.4, -0.2) is 59.0 Å². The SMILES string of the molecule is CCOC(=O)C1=C(C)N(CC(=O)NCC2CCCO2)c2ncnn2C1c1ccccc1. The van der Waals surface area contributed by atoms with Gasteiger partial charge in [0.2, 0.25) is 11.9 Å². The number of hydrogen-bond donors (Lipinski definition) is 1. The second kappa shape index (κ2) is 9.30. The second-order valence-electron chi connectivity index (χ2n) is 7.56. The third kappa shape index (κ3) is 4.32. The molecule has 2 aliphatic heterocycles. The summed E-state index contributed by atoms with van der Waals surface area (Å²) in [4.78, 5) is 31.8. The number of amides is 1. The molecule has 2 atom stereocenters. The molecule has 0 radical (unpaired) electrons. The topological polar surface area (TPSA) is 98.6 Å². The quantitative estimate of drug-likeness (QED) is 0.676. The maximum atomic E-state index is 13.0. The molecule has 9 heteroatoms. The Bertz CT molecular complexity index is 965. The monoisotopic (exact) mass is 425 g/mol. The number of rotatable bonds is 7. The number of hydrogen-bond acceptors (Lipinski definition) is 7. The number of allylic oxidation sites excluding steroid dienone is 1. The molecule has 1 fully saturated rings. The molecule has 1 saturated heterocycles. The number of nitrogens with one attached hydrogen (secondary N) is 1. The van der Waals surface area contributed by atoms with Gasteiger partial charge < -0.3 is 19.7 Å². The van der Waals surface area contributed by atoms with Gasteiger partial charge in [-0.25, -0.2) is 9.48 Å². The summed E-state index contributed by atoms with van der Waals surface area (Å²) in [5.74, 6) is -0.0998. The maximum Gasteiger partial charge on any atom is 0.338 e. The van der Waals surface area contributed by atoms with E-state index in [-0.39, 0.29) is 25.2 Å². The molecular weight excluding hydrogens is 398 g/mol. The van der Waals surface area contributed by atoms with Crippen LogP contribution in [0.1, 0.15) is 38.3 Å². The van der Waals surface area contributed by atoms with Crippen molar-refractivity contribution in [2.75, 3.05) is 31.2 Å². The van der Waals surface area contributed by atoms with Crippen LogP contribution in [0, 0.1) is 0 Å². The molecule has 0 spiro atoms. The van der Waals surface area contributed by atoms with Crippen LogP contribution in [0.25, 0.3) is 0 Å². The number of fused-ring (bicyclic) bond motifs is 1. The van der Waals surface area contributed by atoms with Crippen LogP contribution in [0.5, 0.6) is 0 Å². The predicted octanol–water partition coefficient (Wildman–Crippen LogP) is 1.82. The van der Waals surface area contributed by atoms with E-state index in [4.69, 9.17) is 9.47 Å². The van der Waals surface area contributed by atoms with Crippen LogP contribution in [-0.2, 0) is 19.1 Å². The van der Waals surface area contributed by atoms with Crippen LogP contribution in [0.4, 0.5) is 5.95 Å². The van der Waals surface area contributed by atoms with Crippen LogP contribution in [0.2, 0.25) is 0 Å². The first-order valence-electron chi connectivity index (χ1n) is 10.6. The van der Waals surface area contributed by atoms with Crippen molar-refractivity contribution in [3.05, 3.63) is 53.5 Å². The molecule has 2 aromatic rings. The van der Waals surface area contributed by atoms with Gasteiger partial charge in [0.05, 0.1) is 18.3 Å². The van der Waals surface area contributed by atoms with Crippen molar-refractivity contribution in [2.24, 2.45) is 0 Å². The maximum absolute atomic E-state index is 13.0. The fourth-order valence-electron chi connectivity index (χ4n) is 4.07. The first-order valence-corrected chi connectivity index (χ1v) is 10.6. The van der Waals surface area contributed by atoms with Crippen molar-refractivity contribution in [2.45, 2.75) is 38.8 Å². The first kappa shape index (κ1) is 21.0. The zero-order chi connectivity index (χ0) is 21.8. The highest BCUT2D eigenvalue weighted by atomic mass is 16.5. The predicted molar refractivity (Wildman–Crippen MR) is 113 cm³/mol. The zero-order valence-electron chi connectivity index (χ0n) is 17.8. The lowest BCUT2D eigenvalue weighted by Crippen LogP contribution is -2.44. The Morgan fingerprint density at radius 3 is 2.81 bits per heavy atom. The van der Waals surface area contributed by atoms with Crippen molar-refractivity contribution in [3.63, 3.8) is 0 Å². The number of ether oxygens (including phenoxy) is 2. The number of nitrogens with zero attached hydrogens (tertiary/aromatic N) is 4. The molecule has 2 unspecified atom stereocenters. The van der Waals surface area contributed by atoms with Crippen LogP contribution in [0.3, 0.4) is 0 Å². The van der Waals surface area contributed by atoms with Gasteiger partial charge in [0, 0.05) is 18.8 Å². The number of benzene rings is 1. The molecule has 31 heavy (non-hydrogen) atoms.